The first-order valence-electron chi connectivity index (χ1n) is 3.26. The lowest BCUT2D eigenvalue weighted by molar-refractivity contribution is -0.384. The second kappa shape index (κ2) is 3.75. The van der Waals surface area contributed by atoms with Gasteiger partial charge in [0.2, 0.25) is 0 Å². The van der Waals surface area contributed by atoms with Gasteiger partial charge in [0, 0.05) is 0 Å². The van der Waals surface area contributed by atoms with Gasteiger partial charge in [0.05, 0.1) is 0 Å². The van der Waals surface area contributed by atoms with Crippen LogP contribution in [-0.4, -0.2) is 33.5 Å². The van der Waals surface area contributed by atoms with Gasteiger partial charge in [-0.3, -0.25) is 4.57 Å². The minimum atomic E-state index is -7.30. The summed E-state index contributed by atoms with van der Waals surface area (Å²) < 4.78 is 117. The van der Waals surface area contributed by atoms with Crippen molar-refractivity contribution < 1.29 is 53.9 Å². The molecule has 13 heteroatoms. The van der Waals surface area contributed by atoms with E-state index >= 15 is 0 Å². The summed E-state index contributed by atoms with van der Waals surface area (Å²) in [6.45, 7) is 0. The third-order valence-corrected chi connectivity index (χ3v) is 2.51. The summed E-state index contributed by atoms with van der Waals surface area (Å²) in [6.07, 6.45) is -7.10. The summed E-state index contributed by atoms with van der Waals surface area (Å²) in [5.41, 5.74) is -6.86. The van der Waals surface area contributed by atoms with Crippen molar-refractivity contribution in [2.75, 3.05) is 0 Å². The van der Waals surface area contributed by atoms with Gasteiger partial charge in [0.15, 0.2) is 0 Å². The normalized spacial score (nSPS) is 16.2. The van der Waals surface area contributed by atoms with Gasteiger partial charge in [-0.1, -0.05) is 0 Å². The molecule has 0 fully saturated rings. The molecular formula is C4H2F9O3P. The maximum atomic E-state index is 12.3. The van der Waals surface area contributed by atoms with E-state index in [9.17, 15) is 44.1 Å². The Labute approximate surface area is 86.4 Å². The van der Waals surface area contributed by atoms with Crippen LogP contribution in [0, 0.1) is 0 Å². The van der Waals surface area contributed by atoms with Crippen LogP contribution in [0.15, 0.2) is 0 Å². The van der Waals surface area contributed by atoms with E-state index in [4.69, 9.17) is 9.79 Å². The Balaban J connectivity index is 5.82. The molecule has 2 N–H and O–H groups in total. The fraction of sp³-hybridized carbons (Fsp3) is 1.00. The number of hydrogen-bond donors (Lipinski definition) is 2. The van der Waals surface area contributed by atoms with Gasteiger partial charge in [0.25, 0.3) is 0 Å². The van der Waals surface area contributed by atoms with Crippen molar-refractivity contribution in [3.8, 4) is 0 Å². The Morgan fingerprint density at radius 1 is 0.706 bits per heavy atom. The van der Waals surface area contributed by atoms with Crippen LogP contribution in [0.25, 0.3) is 0 Å². The highest BCUT2D eigenvalue weighted by atomic mass is 31.2. The molecule has 0 saturated carbocycles. The van der Waals surface area contributed by atoms with Gasteiger partial charge in [-0.05, 0) is 0 Å². The molecule has 3 nitrogen and oxygen atoms in total. The highest BCUT2D eigenvalue weighted by Crippen LogP contribution is 2.65. The molecule has 0 aliphatic heterocycles. The molecule has 0 rings (SSSR count). The predicted octanol–water partition coefficient (Wildman–Crippen LogP) is 2.59. The molecule has 0 heterocycles. The van der Waals surface area contributed by atoms with E-state index in [2.05, 4.69) is 0 Å². The molecule has 0 aromatic carbocycles. The molecule has 0 bridgehead atoms. The topological polar surface area (TPSA) is 57.5 Å². The molecular weight excluding hydrogens is 298 g/mol. The van der Waals surface area contributed by atoms with Crippen molar-refractivity contribution >= 4 is 7.60 Å². The number of alkyl halides is 9. The summed E-state index contributed by atoms with van der Waals surface area (Å²) in [4.78, 5) is 15.4. The average molecular weight is 300 g/mol. The fourth-order valence-electron chi connectivity index (χ4n) is 0.550. The first kappa shape index (κ1) is 16.5. The van der Waals surface area contributed by atoms with Gasteiger partial charge >= 0.3 is 31.3 Å². The standard InChI is InChI=1S/C4H2F9O3P/c5-1(6,3(9,10)11)2(7,8)4(12,13)17(14,15)16/h(H2,14,15,16). The van der Waals surface area contributed by atoms with Gasteiger partial charge in [-0.2, -0.15) is 39.5 Å². The fourth-order valence-corrected chi connectivity index (χ4v) is 1.06. The number of rotatable bonds is 3. The van der Waals surface area contributed by atoms with Crippen molar-refractivity contribution in [3.05, 3.63) is 0 Å². The molecule has 0 radical (unpaired) electrons. The third-order valence-electron chi connectivity index (χ3n) is 1.49. The lowest BCUT2D eigenvalue weighted by Gasteiger charge is -2.33. The number of hydrogen-bond acceptors (Lipinski definition) is 1. The van der Waals surface area contributed by atoms with E-state index < -0.39 is 31.3 Å². The van der Waals surface area contributed by atoms with Crippen LogP contribution in [0.5, 0.6) is 0 Å². The minimum Gasteiger partial charge on any atom is -0.320 e. The van der Waals surface area contributed by atoms with Crippen LogP contribution in [-0.2, 0) is 4.57 Å². The van der Waals surface area contributed by atoms with Crippen molar-refractivity contribution in [2.24, 2.45) is 0 Å². The first-order chi connectivity index (χ1) is 7.00. The molecule has 0 spiro atoms. The predicted molar refractivity (Wildman–Crippen MR) is 32.9 cm³/mol. The average Bonchev–Trinajstić information content (AvgIpc) is 1.98. The molecule has 0 amide bonds. The molecule has 0 atom stereocenters. The van der Waals surface area contributed by atoms with Gasteiger partial charge in [-0.15, -0.1) is 0 Å². The molecule has 17 heavy (non-hydrogen) atoms. The van der Waals surface area contributed by atoms with E-state index in [1.165, 1.54) is 0 Å². The zero-order valence-electron chi connectivity index (χ0n) is 7.15. The van der Waals surface area contributed by atoms with Crippen LogP contribution < -0.4 is 0 Å². The Kier molecular flexibility index (Phi) is 3.65. The van der Waals surface area contributed by atoms with Gasteiger partial charge in [0.1, 0.15) is 0 Å². The number of halogens is 9. The quantitative estimate of drug-likeness (QED) is 0.622. The van der Waals surface area contributed by atoms with E-state index in [0.717, 1.165) is 0 Å². The molecule has 0 unspecified atom stereocenters. The Morgan fingerprint density at radius 2 is 1.00 bits per heavy atom. The van der Waals surface area contributed by atoms with Gasteiger partial charge in [-0.25, -0.2) is 0 Å². The summed E-state index contributed by atoms with van der Waals surface area (Å²) in [5.74, 6) is -14.6. The zero-order chi connectivity index (χ0) is 14.5. The largest absolute Gasteiger partial charge is 0.460 e. The molecule has 0 aromatic rings. The van der Waals surface area contributed by atoms with E-state index in [0.29, 0.717) is 0 Å². The second-order valence-electron chi connectivity index (χ2n) is 2.73. The maximum Gasteiger partial charge on any atom is 0.460 e. The molecule has 0 aliphatic carbocycles. The SMILES string of the molecule is O=P(O)(O)C(F)(F)C(F)(F)C(F)(F)C(F)(F)F. The maximum absolute atomic E-state index is 12.3. The van der Waals surface area contributed by atoms with Crippen molar-refractivity contribution in [1.82, 2.24) is 0 Å². The molecule has 104 valence electrons. The summed E-state index contributed by atoms with van der Waals surface area (Å²) in [6, 6.07) is 0. The lowest BCUT2D eigenvalue weighted by atomic mass is 10.1. The Morgan fingerprint density at radius 3 is 1.18 bits per heavy atom. The van der Waals surface area contributed by atoms with Crippen LogP contribution in [0.4, 0.5) is 39.5 Å². The van der Waals surface area contributed by atoms with E-state index in [-0.39, 0.29) is 0 Å². The van der Waals surface area contributed by atoms with Crippen molar-refractivity contribution in [1.29, 1.82) is 0 Å². The highest BCUT2D eigenvalue weighted by molar-refractivity contribution is 7.53. The first-order valence-corrected chi connectivity index (χ1v) is 4.87. The van der Waals surface area contributed by atoms with Crippen LogP contribution in [0.1, 0.15) is 0 Å². The van der Waals surface area contributed by atoms with Crippen LogP contribution in [0.2, 0.25) is 0 Å². The monoisotopic (exact) mass is 300 g/mol. The second-order valence-corrected chi connectivity index (χ2v) is 4.38. The summed E-state index contributed by atoms with van der Waals surface area (Å²) >= 11 is 0. The molecule has 0 aromatic heterocycles. The highest BCUT2D eigenvalue weighted by Gasteiger charge is 2.86. The molecule has 0 aliphatic rings. The van der Waals surface area contributed by atoms with E-state index in [1.807, 2.05) is 0 Å². The summed E-state index contributed by atoms with van der Waals surface area (Å²) in [5, 5.41) is 0. The Bertz CT molecular complexity index is 341. The molecule has 0 saturated heterocycles. The smallest absolute Gasteiger partial charge is 0.320 e. The van der Waals surface area contributed by atoms with Crippen LogP contribution >= 0.6 is 7.60 Å². The zero-order valence-corrected chi connectivity index (χ0v) is 8.05. The van der Waals surface area contributed by atoms with E-state index in [1.54, 1.807) is 0 Å². The minimum absolute atomic E-state index is 6.86. The lowest BCUT2D eigenvalue weighted by Crippen LogP contribution is -2.60. The van der Waals surface area contributed by atoms with Crippen molar-refractivity contribution in [2.45, 2.75) is 23.7 Å². The summed E-state index contributed by atoms with van der Waals surface area (Å²) in [7, 11) is -7.22. The van der Waals surface area contributed by atoms with Crippen molar-refractivity contribution in [3.63, 3.8) is 0 Å². The third kappa shape index (κ3) is 2.25. The van der Waals surface area contributed by atoms with Crippen LogP contribution in [0.3, 0.4) is 0 Å². The Hall–Kier alpha value is -0.480. The van der Waals surface area contributed by atoms with Gasteiger partial charge < -0.3 is 9.79 Å².